The molecule has 0 saturated carbocycles. The van der Waals surface area contributed by atoms with Crippen molar-refractivity contribution in [2.24, 2.45) is 4.99 Å². The van der Waals surface area contributed by atoms with Crippen molar-refractivity contribution < 1.29 is 14.3 Å². The third-order valence-electron chi connectivity index (χ3n) is 4.12. The quantitative estimate of drug-likeness (QED) is 0.460. The molecule has 1 fully saturated rings. The van der Waals surface area contributed by atoms with E-state index in [2.05, 4.69) is 15.6 Å². The van der Waals surface area contributed by atoms with E-state index < -0.39 is 0 Å². The number of hydrogen-bond acceptors (Lipinski definition) is 4. The summed E-state index contributed by atoms with van der Waals surface area (Å²) in [6.07, 6.45) is 1.56. The highest BCUT2D eigenvalue weighted by Crippen LogP contribution is 2.19. The molecule has 0 aliphatic carbocycles. The normalized spacial score (nSPS) is 15.3. The summed E-state index contributed by atoms with van der Waals surface area (Å²) in [6.45, 7) is 3.39. The fraction of sp³-hybridized carbons (Fsp3) is 0.500. The number of nitrogens with zero attached hydrogens (tertiary/aromatic N) is 2. The number of carbonyl (C=O) groups is 2. The Balaban J connectivity index is 1.83. The van der Waals surface area contributed by atoms with E-state index in [9.17, 15) is 9.59 Å². The van der Waals surface area contributed by atoms with E-state index in [1.807, 2.05) is 25.1 Å². The molecule has 0 bridgehead atoms. The Hall–Kier alpha value is -2.57. The van der Waals surface area contributed by atoms with Crippen LogP contribution >= 0.6 is 0 Å². The summed E-state index contributed by atoms with van der Waals surface area (Å²) >= 11 is 0. The summed E-state index contributed by atoms with van der Waals surface area (Å²) in [5.41, 5.74) is 2.16. The van der Waals surface area contributed by atoms with E-state index in [0.717, 1.165) is 16.9 Å². The first kappa shape index (κ1) is 18.8. The van der Waals surface area contributed by atoms with Gasteiger partial charge in [0.15, 0.2) is 5.96 Å². The van der Waals surface area contributed by atoms with Crippen LogP contribution in [0.15, 0.2) is 23.2 Å². The summed E-state index contributed by atoms with van der Waals surface area (Å²) in [6, 6.07) is 6.03. The molecule has 7 heteroatoms. The molecular weight excluding hydrogens is 320 g/mol. The number of carbonyl (C=O) groups excluding carboxylic acids is 2. The molecule has 2 amide bonds. The van der Waals surface area contributed by atoms with Gasteiger partial charge in [0.25, 0.3) is 0 Å². The van der Waals surface area contributed by atoms with Crippen molar-refractivity contribution in [2.45, 2.75) is 32.7 Å². The van der Waals surface area contributed by atoms with E-state index in [1.165, 1.54) is 4.90 Å². The number of hydrogen-bond donors (Lipinski definition) is 2. The fourth-order valence-electron chi connectivity index (χ4n) is 2.73. The molecule has 1 aromatic carbocycles. The van der Waals surface area contributed by atoms with Crippen molar-refractivity contribution in [2.75, 3.05) is 27.2 Å². The van der Waals surface area contributed by atoms with Gasteiger partial charge in [0.1, 0.15) is 5.75 Å². The molecule has 25 heavy (non-hydrogen) atoms. The van der Waals surface area contributed by atoms with Gasteiger partial charge in [-0.25, -0.2) is 0 Å². The number of imide groups is 1. The lowest BCUT2D eigenvalue weighted by atomic mass is 10.1. The molecular formula is C18H26N4O3. The Morgan fingerprint density at radius 2 is 1.96 bits per heavy atom. The number of aliphatic imine (C=N–C) groups is 1. The molecule has 0 unspecified atom stereocenters. The summed E-state index contributed by atoms with van der Waals surface area (Å²) in [4.78, 5) is 29.0. The third kappa shape index (κ3) is 5.20. The largest absolute Gasteiger partial charge is 0.496 e. The van der Waals surface area contributed by atoms with E-state index >= 15 is 0 Å². The molecule has 1 aliphatic heterocycles. The maximum atomic E-state index is 11.8. The Bertz CT molecular complexity index is 642. The predicted octanol–water partition coefficient (Wildman–Crippen LogP) is 1.21. The molecule has 2 rings (SSSR count). The molecule has 0 radical (unpaired) electrons. The molecule has 0 atom stereocenters. The van der Waals surface area contributed by atoms with E-state index in [1.54, 1.807) is 14.2 Å². The minimum atomic E-state index is -0.0922. The third-order valence-corrected chi connectivity index (χ3v) is 4.12. The van der Waals surface area contributed by atoms with Crippen LogP contribution in [0.2, 0.25) is 0 Å². The van der Waals surface area contributed by atoms with Crippen LogP contribution in [-0.2, 0) is 16.1 Å². The van der Waals surface area contributed by atoms with Gasteiger partial charge in [0.05, 0.1) is 7.11 Å². The highest BCUT2D eigenvalue weighted by molar-refractivity contribution is 5.97. The van der Waals surface area contributed by atoms with Crippen LogP contribution in [0.4, 0.5) is 0 Å². The number of benzene rings is 1. The first-order chi connectivity index (χ1) is 12.0. The molecule has 1 aromatic rings. The van der Waals surface area contributed by atoms with Crippen LogP contribution in [0.3, 0.4) is 0 Å². The van der Waals surface area contributed by atoms with E-state index in [0.29, 0.717) is 44.9 Å². The monoisotopic (exact) mass is 346 g/mol. The number of rotatable bonds is 6. The SMILES string of the molecule is CN=C(NCCN1C(=O)CCCC1=O)NCc1ccc(C)cc1OC. The van der Waals surface area contributed by atoms with Crippen LogP contribution in [0.5, 0.6) is 5.75 Å². The number of likely N-dealkylation sites (tertiary alicyclic amines) is 1. The minimum absolute atomic E-state index is 0.0922. The number of ether oxygens (including phenoxy) is 1. The summed E-state index contributed by atoms with van der Waals surface area (Å²) in [5.74, 6) is 1.25. The van der Waals surface area contributed by atoms with Crippen molar-refractivity contribution in [3.05, 3.63) is 29.3 Å². The van der Waals surface area contributed by atoms with Gasteiger partial charge in [0, 0.05) is 45.1 Å². The van der Waals surface area contributed by atoms with E-state index in [4.69, 9.17) is 4.74 Å². The molecule has 0 spiro atoms. The van der Waals surface area contributed by atoms with Crippen LogP contribution in [0.25, 0.3) is 0 Å². The van der Waals surface area contributed by atoms with Crippen molar-refractivity contribution in [1.82, 2.24) is 15.5 Å². The smallest absolute Gasteiger partial charge is 0.229 e. The number of guanidine groups is 1. The zero-order chi connectivity index (χ0) is 18.2. The van der Waals surface area contributed by atoms with E-state index in [-0.39, 0.29) is 11.8 Å². The van der Waals surface area contributed by atoms with Gasteiger partial charge in [0.2, 0.25) is 11.8 Å². The Morgan fingerprint density at radius 3 is 2.60 bits per heavy atom. The molecule has 1 heterocycles. The van der Waals surface area contributed by atoms with Gasteiger partial charge in [-0.05, 0) is 25.0 Å². The van der Waals surface area contributed by atoms with Crippen LogP contribution in [0.1, 0.15) is 30.4 Å². The van der Waals surface area contributed by atoms with Gasteiger partial charge in [-0.15, -0.1) is 0 Å². The van der Waals surface area contributed by atoms with Gasteiger partial charge in [-0.1, -0.05) is 12.1 Å². The lowest BCUT2D eigenvalue weighted by Gasteiger charge is -2.25. The van der Waals surface area contributed by atoms with Crippen molar-refractivity contribution in [1.29, 1.82) is 0 Å². The summed E-state index contributed by atoms with van der Waals surface area (Å²) in [7, 11) is 3.33. The minimum Gasteiger partial charge on any atom is -0.496 e. The van der Waals surface area contributed by atoms with Gasteiger partial charge in [-0.2, -0.15) is 0 Å². The molecule has 7 nitrogen and oxygen atoms in total. The fourth-order valence-corrected chi connectivity index (χ4v) is 2.73. The van der Waals surface area contributed by atoms with Crippen LogP contribution in [0, 0.1) is 6.92 Å². The standard InChI is InChI=1S/C18H26N4O3/c1-13-7-8-14(15(11-13)25-3)12-21-18(19-2)20-9-10-22-16(23)5-4-6-17(22)24/h7-8,11H,4-6,9-10,12H2,1-3H3,(H2,19,20,21). The second-order valence-corrected chi connectivity index (χ2v) is 5.96. The van der Waals surface area contributed by atoms with Crippen molar-refractivity contribution >= 4 is 17.8 Å². The first-order valence-corrected chi connectivity index (χ1v) is 8.46. The molecule has 2 N–H and O–H groups in total. The molecule has 0 aromatic heterocycles. The van der Waals surface area contributed by atoms with Gasteiger partial charge in [-0.3, -0.25) is 19.5 Å². The van der Waals surface area contributed by atoms with Crippen molar-refractivity contribution in [3.8, 4) is 5.75 Å². The summed E-state index contributed by atoms with van der Waals surface area (Å²) in [5, 5.41) is 6.34. The Kier molecular flexibility index (Phi) is 6.80. The molecule has 1 aliphatic rings. The second kappa shape index (κ2) is 9.05. The Labute approximate surface area is 148 Å². The lowest BCUT2D eigenvalue weighted by molar-refractivity contribution is -0.147. The topological polar surface area (TPSA) is 83.0 Å². The highest BCUT2D eigenvalue weighted by Gasteiger charge is 2.25. The van der Waals surface area contributed by atoms with Crippen LogP contribution in [-0.4, -0.2) is 49.9 Å². The first-order valence-electron chi connectivity index (χ1n) is 8.46. The lowest BCUT2D eigenvalue weighted by Crippen LogP contribution is -2.46. The number of nitrogens with one attached hydrogen (secondary N) is 2. The van der Waals surface area contributed by atoms with Crippen LogP contribution < -0.4 is 15.4 Å². The Morgan fingerprint density at radius 1 is 1.24 bits per heavy atom. The predicted molar refractivity (Wildman–Crippen MR) is 96.5 cm³/mol. The average molecular weight is 346 g/mol. The van der Waals surface area contributed by atoms with Crippen molar-refractivity contribution in [3.63, 3.8) is 0 Å². The summed E-state index contributed by atoms with van der Waals surface area (Å²) < 4.78 is 5.39. The van der Waals surface area contributed by atoms with Gasteiger partial charge >= 0.3 is 0 Å². The highest BCUT2D eigenvalue weighted by atomic mass is 16.5. The maximum absolute atomic E-state index is 11.8. The zero-order valence-electron chi connectivity index (χ0n) is 15.1. The number of aryl methyl sites for hydroxylation is 1. The molecule has 1 saturated heterocycles. The second-order valence-electron chi connectivity index (χ2n) is 5.96. The number of piperidine rings is 1. The average Bonchev–Trinajstić information content (AvgIpc) is 2.60. The molecule has 136 valence electrons. The van der Waals surface area contributed by atoms with Gasteiger partial charge < -0.3 is 15.4 Å². The zero-order valence-corrected chi connectivity index (χ0v) is 15.1. The maximum Gasteiger partial charge on any atom is 0.229 e. The number of methoxy groups -OCH3 is 1. The number of amides is 2.